The molecule has 112 valence electrons. The summed E-state index contributed by atoms with van der Waals surface area (Å²) in [6, 6.07) is 7.46. The van der Waals surface area contributed by atoms with Crippen molar-refractivity contribution in [3.63, 3.8) is 0 Å². The third-order valence-electron chi connectivity index (χ3n) is 3.16. The van der Waals surface area contributed by atoms with Crippen molar-refractivity contribution in [2.45, 2.75) is 46.6 Å². The number of rotatable bonds is 8. The predicted molar refractivity (Wildman–Crippen MR) is 83.2 cm³/mol. The number of nitrogens with two attached hydrogens (primary N) is 1. The van der Waals surface area contributed by atoms with Crippen LogP contribution in [0.4, 0.5) is 0 Å². The van der Waals surface area contributed by atoms with Gasteiger partial charge in [0, 0.05) is 6.42 Å². The van der Waals surface area contributed by atoms with Gasteiger partial charge in [0.1, 0.15) is 5.75 Å². The molecule has 0 spiro atoms. The van der Waals surface area contributed by atoms with Crippen molar-refractivity contribution in [3.05, 3.63) is 29.8 Å². The van der Waals surface area contributed by atoms with E-state index < -0.39 is 0 Å². The van der Waals surface area contributed by atoms with E-state index >= 15 is 0 Å². The number of ketones is 1. The van der Waals surface area contributed by atoms with Gasteiger partial charge >= 0.3 is 0 Å². The average molecular weight is 277 g/mol. The number of ether oxygens (including phenoxy) is 1. The molecule has 0 heterocycles. The Kier molecular flexibility index (Phi) is 6.73. The minimum atomic E-state index is 0.0601. The lowest BCUT2D eigenvalue weighted by molar-refractivity contribution is 0.0951. The number of hydrogen-bond acceptors (Lipinski definition) is 3. The molecule has 3 nitrogen and oxygen atoms in total. The lowest BCUT2D eigenvalue weighted by atomic mass is 9.90. The van der Waals surface area contributed by atoms with Gasteiger partial charge in [-0.15, -0.1) is 0 Å². The molecule has 0 fully saturated rings. The first-order valence-corrected chi connectivity index (χ1v) is 7.43. The fourth-order valence-electron chi connectivity index (χ4n) is 2.36. The number of carbonyl (C=O) groups is 1. The zero-order valence-corrected chi connectivity index (χ0v) is 13.1. The summed E-state index contributed by atoms with van der Waals surface area (Å²) in [5, 5.41) is 0. The van der Waals surface area contributed by atoms with Crippen LogP contribution in [-0.4, -0.2) is 18.4 Å². The largest absolute Gasteiger partial charge is 0.490 e. The summed E-state index contributed by atoms with van der Waals surface area (Å²) in [5.41, 5.74) is 6.45. The molecule has 1 atom stereocenters. The van der Waals surface area contributed by atoms with E-state index in [4.69, 9.17) is 10.5 Å². The zero-order chi connectivity index (χ0) is 15.1. The topological polar surface area (TPSA) is 52.3 Å². The molecule has 1 rings (SSSR count). The molecule has 20 heavy (non-hydrogen) atoms. The number of Topliss-reactive ketones (excluding diaryl/α,β-unsaturated/α-hetero) is 1. The Hall–Kier alpha value is -1.35. The van der Waals surface area contributed by atoms with Crippen molar-refractivity contribution < 1.29 is 9.53 Å². The maximum Gasteiger partial charge on any atom is 0.166 e. The second-order valence-electron chi connectivity index (χ2n) is 6.02. The van der Waals surface area contributed by atoms with Gasteiger partial charge < -0.3 is 10.5 Å². The first-order valence-electron chi connectivity index (χ1n) is 7.43. The van der Waals surface area contributed by atoms with Crippen molar-refractivity contribution in [1.82, 2.24) is 0 Å². The quantitative estimate of drug-likeness (QED) is 0.738. The van der Waals surface area contributed by atoms with E-state index in [2.05, 4.69) is 13.8 Å². The van der Waals surface area contributed by atoms with Crippen LogP contribution in [0.3, 0.4) is 0 Å². The van der Waals surface area contributed by atoms with Gasteiger partial charge in [-0.2, -0.15) is 0 Å². The molecule has 0 saturated carbocycles. The summed E-state index contributed by atoms with van der Waals surface area (Å²) in [6.45, 7) is 8.79. The van der Waals surface area contributed by atoms with Crippen LogP contribution in [0, 0.1) is 11.8 Å². The van der Waals surface area contributed by atoms with Crippen LogP contribution in [0.2, 0.25) is 0 Å². The normalized spacial score (nSPS) is 12.8. The van der Waals surface area contributed by atoms with Crippen LogP contribution in [0.25, 0.3) is 0 Å². The van der Waals surface area contributed by atoms with Crippen LogP contribution in [0.5, 0.6) is 5.75 Å². The van der Waals surface area contributed by atoms with Gasteiger partial charge in [-0.1, -0.05) is 26.0 Å². The molecule has 0 radical (unpaired) electrons. The summed E-state index contributed by atoms with van der Waals surface area (Å²) >= 11 is 0. The Balaban J connectivity index is 2.80. The Bertz CT molecular complexity index is 427. The molecular weight excluding hydrogens is 250 g/mol. The van der Waals surface area contributed by atoms with Crippen LogP contribution >= 0.6 is 0 Å². The van der Waals surface area contributed by atoms with Gasteiger partial charge in [0.15, 0.2) is 5.78 Å². The highest BCUT2D eigenvalue weighted by atomic mass is 16.5. The van der Waals surface area contributed by atoms with Gasteiger partial charge in [0.25, 0.3) is 0 Å². The van der Waals surface area contributed by atoms with Crippen LogP contribution in [0.1, 0.15) is 50.9 Å². The third-order valence-corrected chi connectivity index (χ3v) is 3.16. The smallest absolute Gasteiger partial charge is 0.166 e. The fourth-order valence-corrected chi connectivity index (χ4v) is 2.36. The maximum atomic E-state index is 12.5. The molecule has 0 amide bonds. The molecule has 1 aromatic rings. The Morgan fingerprint density at radius 1 is 1.20 bits per heavy atom. The zero-order valence-electron chi connectivity index (χ0n) is 13.1. The molecule has 1 unspecified atom stereocenters. The van der Waals surface area contributed by atoms with Crippen molar-refractivity contribution in [2.75, 3.05) is 6.54 Å². The molecule has 0 aliphatic heterocycles. The van der Waals surface area contributed by atoms with Gasteiger partial charge in [0.05, 0.1) is 11.7 Å². The summed E-state index contributed by atoms with van der Waals surface area (Å²) in [7, 11) is 0. The van der Waals surface area contributed by atoms with E-state index in [9.17, 15) is 4.79 Å². The highest BCUT2D eigenvalue weighted by molar-refractivity contribution is 5.98. The minimum Gasteiger partial charge on any atom is -0.490 e. The summed E-state index contributed by atoms with van der Waals surface area (Å²) in [5.74, 6) is 1.60. The highest BCUT2D eigenvalue weighted by Crippen LogP contribution is 2.24. The monoisotopic (exact) mass is 277 g/mol. The lowest BCUT2D eigenvalue weighted by Crippen LogP contribution is -2.20. The highest BCUT2D eigenvalue weighted by Gasteiger charge is 2.18. The second kappa shape index (κ2) is 8.05. The fraction of sp³-hybridized carbons (Fsp3) is 0.588. The Labute approximate surface area is 122 Å². The van der Waals surface area contributed by atoms with E-state index in [1.54, 1.807) is 0 Å². The second-order valence-corrected chi connectivity index (χ2v) is 6.02. The number of hydrogen-bond donors (Lipinski definition) is 1. The average Bonchev–Trinajstić information content (AvgIpc) is 2.37. The number of carbonyl (C=O) groups excluding carboxylic acids is 1. The van der Waals surface area contributed by atoms with E-state index in [1.165, 1.54) is 0 Å². The van der Waals surface area contributed by atoms with Gasteiger partial charge in [-0.3, -0.25) is 4.79 Å². The van der Waals surface area contributed by atoms with E-state index in [0.29, 0.717) is 30.2 Å². The number of benzene rings is 1. The molecular formula is C17H27NO2. The SMILES string of the molecule is CC(C)CC(CN)CC(=O)c1ccccc1OC(C)C. The van der Waals surface area contributed by atoms with Crippen molar-refractivity contribution in [2.24, 2.45) is 17.6 Å². The standard InChI is InChI=1S/C17H27NO2/c1-12(2)9-14(11-18)10-16(19)15-7-5-6-8-17(15)20-13(3)4/h5-8,12-14H,9-11,18H2,1-4H3. The molecule has 3 heteroatoms. The van der Waals surface area contributed by atoms with Crippen LogP contribution in [-0.2, 0) is 0 Å². The summed E-state index contributed by atoms with van der Waals surface area (Å²) in [6.07, 6.45) is 1.53. The number of para-hydroxylation sites is 1. The van der Waals surface area contributed by atoms with Crippen molar-refractivity contribution in [1.29, 1.82) is 0 Å². The molecule has 0 saturated heterocycles. The van der Waals surface area contributed by atoms with Gasteiger partial charge in [-0.25, -0.2) is 0 Å². The maximum absolute atomic E-state index is 12.5. The molecule has 1 aromatic carbocycles. The van der Waals surface area contributed by atoms with E-state index in [1.807, 2.05) is 38.1 Å². The van der Waals surface area contributed by atoms with Crippen molar-refractivity contribution in [3.8, 4) is 5.75 Å². The summed E-state index contributed by atoms with van der Waals surface area (Å²) in [4.78, 5) is 12.5. The van der Waals surface area contributed by atoms with Crippen molar-refractivity contribution >= 4 is 5.78 Å². The lowest BCUT2D eigenvalue weighted by Gasteiger charge is -2.18. The molecule has 0 aromatic heterocycles. The molecule has 0 aliphatic carbocycles. The predicted octanol–water partition coefficient (Wildman–Crippen LogP) is 3.67. The van der Waals surface area contributed by atoms with Crippen LogP contribution < -0.4 is 10.5 Å². The Morgan fingerprint density at radius 2 is 1.85 bits per heavy atom. The molecule has 2 N–H and O–H groups in total. The van der Waals surface area contributed by atoms with Gasteiger partial charge in [-0.05, 0) is 50.8 Å². The van der Waals surface area contributed by atoms with E-state index in [-0.39, 0.29) is 17.8 Å². The first kappa shape index (κ1) is 16.7. The summed E-state index contributed by atoms with van der Waals surface area (Å²) < 4.78 is 5.71. The Morgan fingerprint density at radius 3 is 2.40 bits per heavy atom. The van der Waals surface area contributed by atoms with E-state index in [0.717, 1.165) is 6.42 Å². The first-order chi connectivity index (χ1) is 9.43. The third kappa shape index (κ3) is 5.33. The minimum absolute atomic E-state index is 0.0601. The van der Waals surface area contributed by atoms with Gasteiger partial charge in [0.2, 0.25) is 0 Å². The van der Waals surface area contributed by atoms with Crippen LogP contribution in [0.15, 0.2) is 24.3 Å². The molecule has 0 aliphatic rings. The molecule has 0 bridgehead atoms.